The van der Waals surface area contributed by atoms with Gasteiger partial charge in [0.25, 0.3) is 11.6 Å². The summed E-state index contributed by atoms with van der Waals surface area (Å²) in [6.45, 7) is 3.76. The van der Waals surface area contributed by atoms with Gasteiger partial charge in [-0.3, -0.25) is 20.2 Å². The Labute approximate surface area is 156 Å². The van der Waals surface area contributed by atoms with Crippen molar-refractivity contribution < 1.29 is 9.72 Å². The highest BCUT2D eigenvalue weighted by molar-refractivity contribution is 7.99. The van der Waals surface area contributed by atoms with Crippen molar-refractivity contribution in [3.8, 4) is 0 Å². The summed E-state index contributed by atoms with van der Waals surface area (Å²) < 4.78 is 1.65. The molecule has 26 heavy (non-hydrogen) atoms. The predicted molar refractivity (Wildman–Crippen MR) is 97.8 cm³/mol. The van der Waals surface area contributed by atoms with Crippen LogP contribution in [0.15, 0.2) is 34.6 Å². The lowest BCUT2D eigenvalue weighted by Crippen LogP contribution is -2.12. The Morgan fingerprint density at radius 1 is 1.38 bits per heavy atom. The second-order valence-corrected chi connectivity index (χ2v) is 7.59. The minimum atomic E-state index is -0.521. The Kier molecular flexibility index (Phi) is 5.00. The van der Waals surface area contributed by atoms with E-state index in [-0.39, 0.29) is 11.3 Å². The molecule has 3 rings (SSSR count). The van der Waals surface area contributed by atoms with E-state index >= 15 is 0 Å². The molecule has 2 heterocycles. The van der Waals surface area contributed by atoms with Gasteiger partial charge in [-0.25, -0.2) is 4.98 Å². The van der Waals surface area contributed by atoms with Crippen molar-refractivity contribution in [3.05, 3.63) is 50.8 Å². The van der Waals surface area contributed by atoms with Crippen LogP contribution >= 0.6 is 23.1 Å². The summed E-state index contributed by atoms with van der Waals surface area (Å²) in [4.78, 5) is 28.9. The number of nitro benzene ring substituents is 1. The van der Waals surface area contributed by atoms with E-state index in [0.717, 1.165) is 22.3 Å². The van der Waals surface area contributed by atoms with E-state index in [1.54, 1.807) is 11.6 Å². The molecule has 1 N–H and O–H groups in total. The number of benzene rings is 1. The lowest BCUT2D eigenvalue weighted by molar-refractivity contribution is -0.387. The fourth-order valence-corrected chi connectivity index (χ4v) is 3.71. The number of aromatic nitrogens is 4. The first-order valence-corrected chi connectivity index (χ1v) is 9.04. The molecular formula is C15H14N6O3S2. The fourth-order valence-electron chi connectivity index (χ4n) is 2.05. The minimum Gasteiger partial charge on any atom is -0.311 e. The van der Waals surface area contributed by atoms with Crippen molar-refractivity contribution in [2.24, 2.45) is 7.05 Å². The van der Waals surface area contributed by atoms with E-state index in [4.69, 9.17) is 0 Å². The van der Waals surface area contributed by atoms with Crippen molar-refractivity contribution in [3.63, 3.8) is 0 Å². The molecule has 3 aromatic rings. The van der Waals surface area contributed by atoms with Gasteiger partial charge < -0.3 is 4.57 Å². The van der Waals surface area contributed by atoms with Crippen LogP contribution in [-0.2, 0) is 7.05 Å². The summed E-state index contributed by atoms with van der Waals surface area (Å²) in [6, 6.07) is 4.32. The minimum absolute atomic E-state index is 0.169. The highest BCUT2D eigenvalue weighted by Gasteiger charge is 2.20. The number of nitrogens with zero attached hydrogens (tertiary/aromatic N) is 5. The number of rotatable bonds is 5. The first-order chi connectivity index (χ1) is 12.3. The van der Waals surface area contributed by atoms with Crippen molar-refractivity contribution in [2.75, 3.05) is 5.32 Å². The third-order valence-corrected chi connectivity index (χ3v) is 5.64. The molecule has 0 spiro atoms. The molecule has 134 valence electrons. The third kappa shape index (κ3) is 3.73. The van der Waals surface area contributed by atoms with Gasteiger partial charge in [0.05, 0.1) is 15.5 Å². The second-order valence-electron chi connectivity index (χ2n) is 5.38. The van der Waals surface area contributed by atoms with Crippen LogP contribution in [0.2, 0.25) is 0 Å². The maximum Gasteiger partial charge on any atom is 0.284 e. The average Bonchev–Trinajstić information content (AvgIpc) is 3.13. The quantitative estimate of drug-likeness (QED) is 0.525. The normalized spacial score (nSPS) is 10.7. The second kappa shape index (κ2) is 7.22. The monoisotopic (exact) mass is 390 g/mol. The molecule has 0 aliphatic rings. The Balaban J connectivity index is 1.86. The maximum atomic E-state index is 12.4. The number of carbonyl (C=O) groups excluding carboxylic acids is 1. The van der Waals surface area contributed by atoms with Gasteiger partial charge in [0.2, 0.25) is 0 Å². The lowest BCUT2D eigenvalue weighted by atomic mass is 10.2. The van der Waals surface area contributed by atoms with Crippen LogP contribution in [0.25, 0.3) is 0 Å². The SMILES string of the molecule is Cc1nc(NC(=O)c2ccc(Sc3nncn3C)c([N+](=O)[O-])c2)sc1C. The van der Waals surface area contributed by atoms with Gasteiger partial charge in [-0.05, 0) is 37.7 Å². The zero-order valence-corrected chi connectivity index (χ0v) is 15.7. The highest BCUT2D eigenvalue weighted by Crippen LogP contribution is 2.34. The average molecular weight is 390 g/mol. The molecule has 9 nitrogen and oxygen atoms in total. The number of thiazole rings is 1. The van der Waals surface area contributed by atoms with Gasteiger partial charge in [-0.1, -0.05) is 0 Å². The molecule has 0 unspecified atom stereocenters. The molecular weight excluding hydrogens is 376 g/mol. The van der Waals surface area contributed by atoms with Crippen LogP contribution in [0.3, 0.4) is 0 Å². The molecule has 11 heteroatoms. The Morgan fingerprint density at radius 2 is 2.15 bits per heavy atom. The number of carbonyl (C=O) groups is 1. The Bertz CT molecular complexity index is 978. The lowest BCUT2D eigenvalue weighted by Gasteiger charge is -2.05. The van der Waals surface area contributed by atoms with Crippen molar-refractivity contribution in [2.45, 2.75) is 23.9 Å². The van der Waals surface area contributed by atoms with Crippen LogP contribution in [0.5, 0.6) is 0 Å². The Hall–Kier alpha value is -2.79. The molecule has 1 aromatic carbocycles. The zero-order valence-electron chi connectivity index (χ0n) is 14.1. The van der Waals surface area contributed by atoms with Crippen LogP contribution < -0.4 is 5.32 Å². The van der Waals surface area contributed by atoms with Gasteiger partial charge in [-0.15, -0.1) is 21.5 Å². The van der Waals surface area contributed by atoms with Crippen LogP contribution in [0.1, 0.15) is 20.9 Å². The smallest absolute Gasteiger partial charge is 0.284 e. The van der Waals surface area contributed by atoms with E-state index in [1.165, 1.54) is 35.9 Å². The molecule has 0 fully saturated rings. The topological polar surface area (TPSA) is 116 Å². The third-order valence-electron chi connectivity index (χ3n) is 3.54. The summed E-state index contributed by atoms with van der Waals surface area (Å²) >= 11 is 2.47. The Morgan fingerprint density at radius 3 is 2.73 bits per heavy atom. The summed E-state index contributed by atoms with van der Waals surface area (Å²) in [5.74, 6) is -0.447. The van der Waals surface area contributed by atoms with E-state index in [9.17, 15) is 14.9 Å². The van der Waals surface area contributed by atoms with Gasteiger partial charge in [0.1, 0.15) is 6.33 Å². The zero-order chi connectivity index (χ0) is 18.8. The molecule has 2 aromatic heterocycles. The molecule has 0 aliphatic heterocycles. The standard InChI is InChI=1S/C15H14N6O3S2/c1-8-9(2)25-14(17-8)18-13(22)10-4-5-12(11(6-10)21(23)24)26-15-19-16-7-20(15)3/h4-7H,1-3H3,(H,17,18,22). The number of nitrogens with one attached hydrogen (secondary N) is 1. The number of nitro groups is 1. The predicted octanol–water partition coefficient (Wildman–Crippen LogP) is 3.20. The van der Waals surface area contributed by atoms with Gasteiger partial charge in [-0.2, -0.15) is 0 Å². The summed E-state index contributed by atoms with van der Waals surface area (Å²) in [5, 5.41) is 22.7. The van der Waals surface area contributed by atoms with Crippen molar-refractivity contribution >= 4 is 39.8 Å². The summed E-state index contributed by atoms with van der Waals surface area (Å²) in [6.07, 6.45) is 1.51. The maximum absolute atomic E-state index is 12.4. The number of amides is 1. The molecule has 0 aliphatic carbocycles. The van der Waals surface area contributed by atoms with Gasteiger partial charge >= 0.3 is 0 Å². The van der Waals surface area contributed by atoms with Crippen molar-refractivity contribution in [1.82, 2.24) is 19.7 Å². The molecule has 0 saturated heterocycles. The van der Waals surface area contributed by atoms with Crippen molar-refractivity contribution in [1.29, 1.82) is 0 Å². The summed E-state index contributed by atoms with van der Waals surface area (Å²) in [5.41, 5.74) is 0.855. The molecule has 1 amide bonds. The largest absolute Gasteiger partial charge is 0.311 e. The fraction of sp³-hybridized carbons (Fsp3) is 0.200. The first kappa shape index (κ1) is 18.0. The molecule has 0 atom stereocenters. The number of anilines is 1. The number of hydrogen-bond donors (Lipinski definition) is 1. The van der Waals surface area contributed by atoms with E-state index in [2.05, 4.69) is 20.5 Å². The van der Waals surface area contributed by atoms with Crippen LogP contribution in [-0.4, -0.2) is 30.6 Å². The van der Waals surface area contributed by atoms with Crippen LogP contribution in [0, 0.1) is 24.0 Å². The van der Waals surface area contributed by atoms with Crippen LogP contribution in [0.4, 0.5) is 10.8 Å². The summed E-state index contributed by atoms with van der Waals surface area (Å²) in [7, 11) is 1.74. The highest BCUT2D eigenvalue weighted by atomic mass is 32.2. The van der Waals surface area contributed by atoms with E-state index in [1.807, 2.05) is 13.8 Å². The first-order valence-electron chi connectivity index (χ1n) is 7.41. The molecule has 0 bridgehead atoms. The molecule has 0 radical (unpaired) electrons. The molecule has 0 saturated carbocycles. The number of hydrogen-bond acceptors (Lipinski definition) is 8. The van der Waals surface area contributed by atoms with E-state index in [0.29, 0.717) is 15.2 Å². The number of aryl methyl sites for hydroxylation is 3. The van der Waals surface area contributed by atoms with Gasteiger partial charge in [0.15, 0.2) is 10.3 Å². The van der Waals surface area contributed by atoms with E-state index < -0.39 is 10.8 Å². The van der Waals surface area contributed by atoms with Gasteiger partial charge in [0, 0.05) is 23.6 Å².